The van der Waals surface area contributed by atoms with Crippen molar-refractivity contribution in [2.45, 2.75) is 32.9 Å². The molecule has 156 valence electrons. The topological polar surface area (TPSA) is 92.8 Å². The van der Waals surface area contributed by atoms with E-state index in [2.05, 4.69) is 20.5 Å². The average Bonchev–Trinajstić information content (AvgIpc) is 3.08. The van der Waals surface area contributed by atoms with Crippen LogP contribution in [-0.2, 0) is 16.0 Å². The van der Waals surface area contributed by atoms with Gasteiger partial charge in [-0.15, -0.1) is 11.3 Å². The van der Waals surface area contributed by atoms with E-state index in [1.165, 1.54) is 11.3 Å². The third-order valence-electron chi connectivity index (χ3n) is 4.05. The summed E-state index contributed by atoms with van der Waals surface area (Å²) in [6.45, 7) is 9.41. The standard InChI is InChI=1S/C20H26N4O4S/c1-20(2,3)28-19(26)22-15-6-4-14(5-7-15)17(25)23-18-21-16(13-29-18)12-24-8-10-27-11-9-24/h4-7,13H,8-12H2,1-3H3,(H,22,26)(H,21,23,25). The van der Waals surface area contributed by atoms with Gasteiger partial charge in [0.25, 0.3) is 5.91 Å². The second-order valence-corrected chi connectivity index (χ2v) is 8.55. The number of rotatable bonds is 5. The van der Waals surface area contributed by atoms with Crippen molar-refractivity contribution in [3.63, 3.8) is 0 Å². The number of aromatic nitrogens is 1. The Morgan fingerprint density at radius 2 is 1.86 bits per heavy atom. The normalized spacial score (nSPS) is 15.0. The van der Waals surface area contributed by atoms with Crippen molar-refractivity contribution in [2.75, 3.05) is 36.9 Å². The molecule has 0 radical (unpaired) electrons. The third-order valence-corrected chi connectivity index (χ3v) is 4.86. The molecular formula is C20H26N4O4S. The van der Waals surface area contributed by atoms with E-state index in [0.717, 1.165) is 38.5 Å². The molecule has 2 N–H and O–H groups in total. The zero-order valence-corrected chi connectivity index (χ0v) is 17.7. The first-order chi connectivity index (χ1) is 13.8. The quantitative estimate of drug-likeness (QED) is 0.771. The predicted octanol–water partition coefficient (Wildman–Crippen LogP) is 3.57. The summed E-state index contributed by atoms with van der Waals surface area (Å²) in [6, 6.07) is 6.60. The van der Waals surface area contributed by atoms with E-state index in [4.69, 9.17) is 9.47 Å². The highest BCUT2D eigenvalue weighted by Crippen LogP contribution is 2.19. The Morgan fingerprint density at radius 1 is 1.17 bits per heavy atom. The second-order valence-electron chi connectivity index (χ2n) is 7.69. The largest absolute Gasteiger partial charge is 0.444 e. The summed E-state index contributed by atoms with van der Waals surface area (Å²) in [5, 5.41) is 7.98. The summed E-state index contributed by atoms with van der Waals surface area (Å²) in [4.78, 5) is 31.0. The van der Waals surface area contributed by atoms with Crippen LogP contribution in [0.15, 0.2) is 29.6 Å². The lowest BCUT2D eigenvalue weighted by Crippen LogP contribution is -2.35. The minimum Gasteiger partial charge on any atom is -0.444 e. The zero-order valence-electron chi connectivity index (χ0n) is 16.9. The molecule has 1 aromatic carbocycles. The molecule has 1 fully saturated rings. The summed E-state index contributed by atoms with van der Waals surface area (Å²) in [6.07, 6.45) is -0.537. The smallest absolute Gasteiger partial charge is 0.412 e. The maximum atomic E-state index is 12.5. The fourth-order valence-corrected chi connectivity index (χ4v) is 3.42. The van der Waals surface area contributed by atoms with E-state index in [1.54, 1.807) is 45.0 Å². The van der Waals surface area contributed by atoms with Gasteiger partial charge in [-0.05, 0) is 45.0 Å². The average molecular weight is 419 g/mol. The van der Waals surface area contributed by atoms with Crippen LogP contribution in [0.4, 0.5) is 15.6 Å². The van der Waals surface area contributed by atoms with Crippen molar-refractivity contribution in [3.8, 4) is 0 Å². The van der Waals surface area contributed by atoms with Crippen LogP contribution < -0.4 is 10.6 Å². The molecule has 0 atom stereocenters. The van der Waals surface area contributed by atoms with E-state index in [9.17, 15) is 9.59 Å². The minimum absolute atomic E-state index is 0.249. The number of benzene rings is 1. The van der Waals surface area contributed by atoms with E-state index in [0.29, 0.717) is 16.4 Å². The first kappa shape index (κ1) is 21.2. The number of anilines is 2. The Bertz CT molecular complexity index is 839. The molecule has 2 heterocycles. The molecule has 0 saturated carbocycles. The van der Waals surface area contributed by atoms with Gasteiger partial charge in [0.15, 0.2) is 5.13 Å². The number of thiazole rings is 1. The first-order valence-corrected chi connectivity index (χ1v) is 10.3. The molecule has 9 heteroatoms. The van der Waals surface area contributed by atoms with Gasteiger partial charge in [0.1, 0.15) is 5.60 Å². The lowest BCUT2D eigenvalue weighted by Gasteiger charge is -2.25. The summed E-state index contributed by atoms with van der Waals surface area (Å²) >= 11 is 1.40. The molecule has 2 aromatic rings. The maximum Gasteiger partial charge on any atom is 0.412 e. The van der Waals surface area contributed by atoms with Crippen LogP contribution in [0.2, 0.25) is 0 Å². The van der Waals surface area contributed by atoms with E-state index in [-0.39, 0.29) is 5.91 Å². The summed E-state index contributed by atoms with van der Waals surface area (Å²) in [5.74, 6) is -0.249. The Balaban J connectivity index is 1.52. The molecule has 1 aliphatic heterocycles. The summed E-state index contributed by atoms with van der Waals surface area (Å²) in [5.41, 5.74) is 1.39. The lowest BCUT2D eigenvalue weighted by molar-refractivity contribution is 0.0337. The summed E-state index contributed by atoms with van der Waals surface area (Å²) < 4.78 is 10.6. The molecule has 0 bridgehead atoms. The fraction of sp³-hybridized carbons (Fsp3) is 0.450. The highest BCUT2D eigenvalue weighted by Gasteiger charge is 2.17. The molecule has 1 saturated heterocycles. The predicted molar refractivity (Wildman–Crippen MR) is 112 cm³/mol. The van der Waals surface area contributed by atoms with Gasteiger partial charge in [0.2, 0.25) is 0 Å². The van der Waals surface area contributed by atoms with Crippen LogP contribution in [0, 0.1) is 0 Å². The molecule has 0 aliphatic carbocycles. The molecule has 1 aliphatic rings. The van der Waals surface area contributed by atoms with Crippen LogP contribution in [-0.4, -0.2) is 53.8 Å². The van der Waals surface area contributed by atoms with Crippen molar-refractivity contribution in [3.05, 3.63) is 40.9 Å². The molecule has 2 amide bonds. The monoisotopic (exact) mass is 418 g/mol. The molecule has 3 rings (SSSR count). The van der Waals surface area contributed by atoms with Crippen LogP contribution in [0.3, 0.4) is 0 Å². The lowest BCUT2D eigenvalue weighted by atomic mass is 10.2. The Kier molecular flexibility index (Phi) is 6.83. The van der Waals surface area contributed by atoms with Gasteiger partial charge in [-0.1, -0.05) is 0 Å². The van der Waals surface area contributed by atoms with E-state index < -0.39 is 11.7 Å². The number of hydrogen-bond acceptors (Lipinski definition) is 7. The van der Waals surface area contributed by atoms with Crippen molar-refractivity contribution in [2.24, 2.45) is 0 Å². The number of amides is 2. The molecular weight excluding hydrogens is 392 g/mol. The van der Waals surface area contributed by atoms with Gasteiger partial charge in [0.05, 0.1) is 18.9 Å². The highest BCUT2D eigenvalue weighted by molar-refractivity contribution is 7.13. The number of carbonyl (C=O) groups is 2. The van der Waals surface area contributed by atoms with Gasteiger partial charge in [-0.2, -0.15) is 0 Å². The van der Waals surface area contributed by atoms with Crippen molar-refractivity contribution >= 4 is 34.2 Å². The van der Waals surface area contributed by atoms with Crippen LogP contribution in [0.1, 0.15) is 36.8 Å². The Labute approximate surface area is 174 Å². The molecule has 0 unspecified atom stereocenters. The zero-order chi connectivity index (χ0) is 20.9. The van der Waals surface area contributed by atoms with E-state index >= 15 is 0 Å². The summed E-state index contributed by atoms with van der Waals surface area (Å²) in [7, 11) is 0. The number of hydrogen-bond donors (Lipinski definition) is 2. The van der Waals surface area contributed by atoms with Crippen molar-refractivity contribution in [1.29, 1.82) is 0 Å². The SMILES string of the molecule is CC(C)(C)OC(=O)Nc1ccc(C(=O)Nc2nc(CN3CCOCC3)cs2)cc1. The van der Waals surface area contributed by atoms with Crippen molar-refractivity contribution < 1.29 is 19.1 Å². The minimum atomic E-state index is -0.571. The van der Waals surface area contributed by atoms with Gasteiger partial charge >= 0.3 is 6.09 Å². The fourth-order valence-electron chi connectivity index (χ4n) is 2.72. The first-order valence-electron chi connectivity index (χ1n) is 9.44. The van der Waals surface area contributed by atoms with Crippen LogP contribution >= 0.6 is 11.3 Å². The highest BCUT2D eigenvalue weighted by atomic mass is 32.1. The molecule has 1 aromatic heterocycles. The third kappa shape index (κ3) is 6.81. The maximum absolute atomic E-state index is 12.5. The number of nitrogens with zero attached hydrogens (tertiary/aromatic N) is 2. The number of nitrogens with one attached hydrogen (secondary N) is 2. The molecule has 29 heavy (non-hydrogen) atoms. The van der Waals surface area contributed by atoms with E-state index in [1.807, 2.05) is 5.38 Å². The van der Waals surface area contributed by atoms with Crippen LogP contribution in [0.5, 0.6) is 0 Å². The van der Waals surface area contributed by atoms with Gasteiger partial charge in [0, 0.05) is 36.3 Å². The Hall–Kier alpha value is -2.49. The van der Waals surface area contributed by atoms with Crippen LogP contribution in [0.25, 0.3) is 0 Å². The molecule has 8 nitrogen and oxygen atoms in total. The second kappa shape index (κ2) is 9.34. The number of ether oxygens (including phenoxy) is 2. The number of morpholine rings is 1. The van der Waals surface area contributed by atoms with Crippen molar-refractivity contribution in [1.82, 2.24) is 9.88 Å². The number of carbonyl (C=O) groups excluding carboxylic acids is 2. The Morgan fingerprint density at radius 3 is 2.52 bits per heavy atom. The van der Waals surface area contributed by atoms with Gasteiger partial charge < -0.3 is 9.47 Å². The molecule has 0 spiro atoms. The van der Waals surface area contributed by atoms with Gasteiger partial charge in [-0.3, -0.25) is 20.3 Å². The van der Waals surface area contributed by atoms with Gasteiger partial charge in [-0.25, -0.2) is 9.78 Å².